The van der Waals surface area contributed by atoms with Crippen molar-refractivity contribution in [2.45, 2.75) is 13.5 Å². The zero-order chi connectivity index (χ0) is 14.7. The molecule has 2 aromatic heterocycles. The normalized spacial score (nSPS) is 10.8. The maximum atomic E-state index is 5.73. The Hall–Kier alpha value is -2.60. The van der Waals surface area contributed by atoms with Crippen LogP contribution in [0.5, 0.6) is 5.75 Å². The summed E-state index contributed by atoms with van der Waals surface area (Å²) in [7, 11) is 0. The molecule has 0 spiro atoms. The van der Waals surface area contributed by atoms with Crippen LogP contribution in [0.3, 0.4) is 0 Å². The smallest absolute Gasteiger partial charge is 0.154 e. The van der Waals surface area contributed by atoms with Crippen LogP contribution in [0.1, 0.15) is 12.6 Å². The molecule has 0 atom stereocenters. The lowest BCUT2D eigenvalue weighted by Gasteiger charge is -2.07. The summed E-state index contributed by atoms with van der Waals surface area (Å²) in [6.07, 6.45) is 1.62. The van der Waals surface area contributed by atoms with Crippen LogP contribution in [0.4, 0.5) is 0 Å². The molecule has 2 N–H and O–H groups in total. The zero-order valence-corrected chi connectivity index (χ0v) is 11.7. The third kappa shape index (κ3) is 2.53. The molecule has 2 heterocycles. The van der Waals surface area contributed by atoms with E-state index in [1.165, 1.54) is 0 Å². The minimum absolute atomic E-state index is 0.299. The maximum absolute atomic E-state index is 5.73. The van der Waals surface area contributed by atoms with Crippen molar-refractivity contribution in [1.29, 1.82) is 0 Å². The number of furan rings is 1. The van der Waals surface area contributed by atoms with Crippen LogP contribution < -0.4 is 10.5 Å². The second-order valence-electron chi connectivity index (χ2n) is 4.40. The third-order valence-corrected chi connectivity index (χ3v) is 3.08. The standard InChI is InChI=1S/C15H16N4O2/c1-2-20-12-7-5-11(6-8-12)19-15(13(10-16)17-18-19)14-4-3-9-21-14/h3-9H,2,10,16H2,1H3. The van der Waals surface area contributed by atoms with Crippen molar-refractivity contribution < 1.29 is 9.15 Å². The molecular weight excluding hydrogens is 268 g/mol. The van der Waals surface area contributed by atoms with Crippen molar-refractivity contribution in [3.05, 3.63) is 48.4 Å². The minimum Gasteiger partial charge on any atom is -0.494 e. The van der Waals surface area contributed by atoms with E-state index in [2.05, 4.69) is 10.3 Å². The summed E-state index contributed by atoms with van der Waals surface area (Å²) < 4.78 is 12.6. The molecule has 6 heteroatoms. The van der Waals surface area contributed by atoms with Gasteiger partial charge in [-0.1, -0.05) is 5.21 Å². The fourth-order valence-corrected chi connectivity index (χ4v) is 2.14. The lowest BCUT2D eigenvalue weighted by Crippen LogP contribution is -2.02. The van der Waals surface area contributed by atoms with Crippen LogP contribution >= 0.6 is 0 Å². The molecule has 0 unspecified atom stereocenters. The van der Waals surface area contributed by atoms with Gasteiger partial charge in [-0.05, 0) is 43.3 Å². The van der Waals surface area contributed by atoms with Crippen molar-refractivity contribution in [2.24, 2.45) is 5.73 Å². The summed E-state index contributed by atoms with van der Waals surface area (Å²) >= 11 is 0. The summed E-state index contributed by atoms with van der Waals surface area (Å²) in [5.74, 6) is 1.51. The SMILES string of the molecule is CCOc1ccc(-n2nnc(CN)c2-c2ccco2)cc1. The van der Waals surface area contributed by atoms with E-state index in [1.807, 2.05) is 43.3 Å². The van der Waals surface area contributed by atoms with Crippen LogP contribution in [0.2, 0.25) is 0 Å². The highest BCUT2D eigenvalue weighted by Gasteiger charge is 2.17. The van der Waals surface area contributed by atoms with Crippen LogP contribution in [-0.4, -0.2) is 21.6 Å². The van der Waals surface area contributed by atoms with Crippen molar-refractivity contribution in [1.82, 2.24) is 15.0 Å². The van der Waals surface area contributed by atoms with Gasteiger partial charge in [0.1, 0.15) is 17.1 Å². The topological polar surface area (TPSA) is 79.1 Å². The first-order chi connectivity index (χ1) is 10.3. The quantitative estimate of drug-likeness (QED) is 0.778. The Morgan fingerprint density at radius 3 is 2.67 bits per heavy atom. The first-order valence-electron chi connectivity index (χ1n) is 6.75. The molecule has 1 aromatic carbocycles. The first kappa shape index (κ1) is 13.4. The van der Waals surface area contributed by atoms with E-state index in [4.69, 9.17) is 14.9 Å². The zero-order valence-electron chi connectivity index (χ0n) is 11.7. The van der Waals surface area contributed by atoms with Gasteiger partial charge in [0, 0.05) is 6.54 Å². The van der Waals surface area contributed by atoms with Gasteiger partial charge in [0.2, 0.25) is 0 Å². The van der Waals surface area contributed by atoms with Crippen molar-refractivity contribution in [3.8, 4) is 22.9 Å². The Kier molecular flexibility index (Phi) is 3.70. The number of ether oxygens (including phenoxy) is 1. The van der Waals surface area contributed by atoms with E-state index >= 15 is 0 Å². The number of aromatic nitrogens is 3. The molecule has 0 aliphatic rings. The van der Waals surface area contributed by atoms with E-state index in [9.17, 15) is 0 Å². The third-order valence-electron chi connectivity index (χ3n) is 3.08. The average molecular weight is 284 g/mol. The maximum Gasteiger partial charge on any atom is 0.154 e. The molecule has 0 radical (unpaired) electrons. The lowest BCUT2D eigenvalue weighted by atomic mass is 10.2. The molecule has 0 aliphatic carbocycles. The van der Waals surface area contributed by atoms with Gasteiger partial charge < -0.3 is 14.9 Å². The predicted octanol–water partition coefficient (Wildman–Crippen LogP) is 2.38. The number of hydrogen-bond donors (Lipinski definition) is 1. The second kappa shape index (κ2) is 5.80. The number of rotatable bonds is 5. The lowest BCUT2D eigenvalue weighted by molar-refractivity contribution is 0.340. The van der Waals surface area contributed by atoms with Gasteiger partial charge >= 0.3 is 0 Å². The number of nitrogens with zero attached hydrogens (tertiary/aromatic N) is 3. The molecule has 21 heavy (non-hydrogen) atoms. The van der Waals surface area contributed by atoms with Crippen molar-refractivity contribution in [3.63, 3.8) is 0 Å². The van der Waals surface area contributed by atoms with Gasteiger partial charge in [0.05, 0.1) is 18.6 Å². The van der Waals surface area contributed by atoms with Crippen LogP contribution in [0, 0.1) is 0 Å². The Morgan fingerprint density at radius 1 is 1.24 bits per heavy atom. The molecular formula is C15H16N4O2. The van der Waals surface area contributed by atoms with Crippen LogP contribution in [-0.2, 0) is 6.54 Å². The van der Waals surface area contributed by atoms with Gasteiger partial charge in [0.25, 0.3) is 0 Å². The summed E-state index contributed by atoms with van der Waals surface area (Å²) in [6, 6.07) is 11.3. The Labute approximate surface area is 122 Å². The highest BCUT2D eigenvalue weighted by atomic mass is 16.5. The summed E-state index contributed by atoms with van der Waals surface area (Å²) in [5.41, 5.74) is 8.07. The van der Waals surface area contributed by atoms with E-state index in [-0.39, 0.29) is 0 Å². The molecule has 0 fully saturated rings. The van der Waals surface area contributed by atoms with Crippen LogP contribution in [0.15, 0.2) is 47.1 Å². The number of hydrogen-bond acceptors (Lipinski definition) is 5. The Morgan fingerprint density at radius 2 is 2.05 bits per heavy atom. The number of nitrogens with two attached hydrogens (primary N) is 1. The van der Waals surface area contributed by atoms with Crippen molar-refractivity contribution >= 4 is 0 Å². The fourth-order valence-electron chi connectivity index (χ4n) is 2.14. The molecule has 3 rings (SSSR count). The van der Waals surface area contributed by atoms with E-state index in [0.29, 0.717) is 24.6 Å². The van der Waals surface area contributed by atoms with Crippen LogP contribution in [0.25, 0.3) is 17.1 Å². The molecule has 6 nitrogen and oxygen atoms in total. The van der Waals surface area contributed by atoms with E-state index in [1.54, 1.807) is 10.9 Å². The van der Waals surface area contributed by atoms with Gasteiger partial charge in [-0.3, -0.25) is 0 Å². The molecule has 3 aromatic rings. The van der Waals surface area contributed by atoms with Gasteiger partial charge in [-0.2, -0.15) is 0 Å². The molecule has 0 bridgehead atoms. The molecule has 0 amide bonds. The fraction of sp³-hybridized carbons (Fsp3) is 0.200. The molecule has 0 saturated heterocycles. The molecule has 0 aliphatic heterocycles. The second-order valence-corrected chi connectivity index (χ2v) is 4.40. The minimum atomic E-state index is 0.299. The van der Waals surface area contributed by atoms with E-state index in [0.717, 1.165) is 17.1 Å². The largest absolute Gasteiger partial charge is 0.494 e. The number of benzene rings is 1. The van der Waals surface area contributed by atoms with Gasteiger partial charge in [0.15, 0.2) is 5.76 Å². The van der Waals surface area contributed by atoms with Crippen molar-refractivity contribution in [2.75, 3.05) is 6.61 Å². The summed E-state index contributed by atoms with van der Waals surface area (Å²) in [4.78, 5) is 0. The summed E-state index contributed by atoms with van der Waals surface area (Å²) in [6.45, 7) is 2.89. The Bertz CT molecular complexity index is 702. The summed E-state index contributed by atoms with van der Waals surface area (Å²) in [5, 5.41) is 8.30. The Balaban J connectivity index is 2.04. The monoisotopic (exact) mass is 284 g/mol. The van der Waals surface area contributed by atoms with Gasteiger partial charge in [-0.15, -0.1) is 5.10 Å². The first-order valence-corrected chi connectivity index (χ1v) is 6.75. The highest BCUT2D eigenvalue weighted by molar-refractivity contribution is 5.58. The highest BCUT2D eigenvalue weighted by Crippen LogP contribution is 2.26. The van der Waals surface area contributed by atoms with E-state index < -0.39 is 0 Å². The van der Waals surface area contributed by atoms with Gasteiger partial charge in [-0.25, -0.2) is 4.68 Å². The predicted molar refractivity (Wildman–Crippen MR) is 78.1 cm³/mol. The molecule has 108 valence electrons. The molecule has 0 saturated carbocycles. The average Bonchev–Trinajstić information content (AvgIpc) is 3.17.